The van der Waals surface area contributed by atoms with Gasteiger partial charge in [0.1, 0.15) is 6.07 Å². The third kappa shape index (κ3) is 2.89. The largest absolute Gasteiger partial charge is 0.379 e. The van der Waals surface area contributed by atoms with Gasteiger partial charge >= 0.3 is 0 Å². The van der Waals surface area contributed by atoms with Crippen LogP contribution in [0.2, 0.25) is 0 Å². The van der Waals surface area contributed by atoms with Crippen molar-refractivity contribution >= 4 is 33.0 Å². The lowest BCUT2D eigenvalue weighted by Crippen LogP contribution is -1.98. The molecule has 0 aliphatic carbocycles. The van der Waals surface area contributed by atoms with Gasteiger partial charge in [0.2, 0.25) is 0 Å². The highest BCUT2D eigenvalue weighted by Gasteiger charge is 2.03. The zero-order chi connectivity index (χ0) is 13.0. The fourth-order valence-electron chi connectivity index (χ4n) is 1.44. The Kier molecular flexibility index (Phi) is 3.99. The van der Waals surface area contributed by atoms with Crippen LogP contribution in [0.1, 0.15) is 16.0 Å². The third-order valence-corrected chi connectivity index (χ3v) is 3.93. The van der Waals surface area contributed by atoms with E-state index < -0.39 is 0 Å². The molecule has 0 radical (unpaired) electrons. The first-order chi connectivity index (χ1) is 8.72. The molecule has 2 rings (SSSR count). The molecule has 1 aromatic carbocycles. The number of benzene rings is 1. The van der Waals surface area contributed by atoms with Gasteiger partial charge in [0.05, 0.1) is 17.2 Å². The molecule has 18 heavy (non-hydrogen) atoms. The minimum absolute atomic E-state index is 0.621. The molecule has 0 saturated heterocycles. The molecule has 1 heterocycles. The van der Waals surface area contributed by atoms with E-state index >= 15 is 0 Å². The first kappa shape index (κ1) is 12.6. The van der Waals surface area contributed by atoms with E-state index in [0.717, 1.165) is 15.0 Å². The summed E-state index contributed by atoms with van der Waals surface area (Å²) in [5, 5.41) is 22.6. The van der Waals surface area contributed by atoms with Crippen LogP contribution in [0.4, 0.5) is 5.69 Å². The summed E-state index contributed by atoms with van der Waals surface area (Å²) in [6, 6.07) is 11.5. The van der Waals surface area contributed by atoms with Crippen molar-refractivity contribution in [3.63, 3.8) is 0 Å². The van der Waals surface area contributed by atoms with E-state index in [9.17, 15) is 0 Å². The summed E-state index contributed by atoms with van der Waals surface area (Å²) in [5.41, 5.74) is 2.24. The van der Waals surface area contributed by atoms with E-state index in [1.165, 1.54) is 0 Å². The number of hydrogen-bond acceptors (Lipinski definition) is 4. The Morgan fingerprint density at radius 1 is 1.17 bits per heavy atom. The van der Waals surface area contributed by atoms with Crippen molar-refractivity contribution < 1.29 is 0 Å². The van der Waals surface area contributed by atoms with Crippen LogP contribution in [-0.2, 0) is 6.54 Å². The van der Waals surface area contributed by atoms with Gasteiger partial charge in [-0.2, -0.15) is 10.5 Å². The van der Waals surface area contributed by atoms with Crippen LogP contribution in [0.15, 0.2) is 34.1 Å². The summed E-state index contributed by atoms with van der Waals surface area (Å²) < 4.78 is 0.860. The highest BCUT2D eigenvalue weighted by Crippen LogP contribution is 2.24. The molecular weight excluding hydrogens is 310 g/mol. The number of halogens is 1. The normalized spacial score (nSPS) is 9.50. The second kappa shape index (κ2) is 5.68. The number of hydrogen-bond donors (Lipinski definition) is 1. The Labute approximate surface area is 117 Å². The summed E-state index contributed by atoms with van der Waals surface area (Å²) in [7, 11) is 0. The zero-order valence-corrected chi connectivity index (χ0v) is 11.7. The van der Waals surface area contributed by atoms with Crippen LogP contribution < -0.4 is 5.32 Å². The SMILES string of the molecule is N#Cc1csc(CNc2ccc(C#N)cc2Br)c1. The summed E-state index contributed by atoms with van der Waals surface area (Å²) in [6.45, 7) is 0.664. The molecule has 0 aliphatic heterocycles. The monoisotopic (exact) mass is 317 g/mol. The summed E-state index contributed by atoms with van der Waals surface area (Å²) in [4.78, 5) is 1.10. The molecule has 0 saturated carbocycles. The van der Waals surface area contributed by atoms with Crippen molar-refractivity contribution in [3.8, 4) is 12.1 Å². The Morgan fingerprint density at radius 3 is 2.56 bits per heavy atom. The molecule has 88 valence electrons. The number of nitriles is 2. The first-order valence-electron chi connectivity index (χ1n) is 5.14. The average molecular weight is 318 g/mol. The predicted octanol–water partition coefficient (Wildman–Crippen LogP) is 3.87. The van der Waals surface area contributed by atoms with Crippen molar-refractivity contribution in [3.05, 3.63) is 50.1 Å². The van der Waals surface area contributed by atoms with Crippen LogP contribution >= 0.6 is 27.3 Å². The van der Waals surface area contributed by atoms with Gasteiger partial charge in [-0.3, -0.25) is 0 Å². The summed E-state index contributed by atoms with van der Waals surface area (Å²) in [6.07, 6.45) is 0. The molecule has 2 aromatic rings. The molecule has 5 heteroatoms. The highest BCUT2D eigenvalue weighted by atomic mass is 79.9. The lowest BCUT2D eigenvalue weighted by molar-refractivity contribution is 1.19. The topological polar surface area (TPSA) is 59.6 Å². The second-order valence-electron chi connectivity index (χ2n) is 3.57. The van der Waals surface area contributed by atoms with Crippen molar-refractivity contribution in [2.45, 2.75) is 6.54 Å². The number of thiophene rings is 1. The van der Waals surface area contributed by atoms with Gasteiger partial charge in [-0.15, -0.1) is 11.3 Å². The van der Waals surface area contributed by atoms with Gasteiger partial charge in [0, 0.05) is 27.0 Å². The molecule has 3 nitrogen and oxygen atoms in total. The maximum atomic E-state index is 8.77. The molecule has 0 unspecified atom stereocenters. The molecular formula is C13H8BrN3S. The van der Waals surface area contributed by atoms with Gasteiger partial charge in [-0.1, -0.05) is 0 Å². The molecule has 0 bridgehead atoms. The van der Waals surface area contributed by atoms with Crippen molar-refractivity contribution in [2.24, 2.45) is 0 Å². The highest BCUT2D eigenvalue weighted by molar-refractivity contribution is 9.10. The molecule has 0 amide bonds. The molecule has 0 spiro atoms. The van der Waals surface area contributed by atoms with Gasteiger partial charge in [-0.05, 0) is 40.2 Å². The van der Waals surface area contributed by atoms with E-state index in [4.69, 9.17) is 10.5 Å². The zero-order valence-electron chi connectivity index (χ0n) is 9.27. The Balaban J connectivity index is 2.07. The van der Waals surface area contributed by atoms with Crippen LogP contribution in [0, 0.1) is 22.7 Å². The Morgan fingerprint density at radius 2 is 1.94 bits per heavy atom. The van der Waals surface area contributed by atoms with E-state index in [-0.39, 0.29) is 0 Å². The predicted molar refractivity (Wildman–Crippen MR) is 75.2 cm³/mol. The molecule has 1 N–H and O–H groups in total. The van der Waals surface area contributed by atoms with E-state index in [2.05, 4.69) is 33.4 Å². The van der Waals surface area contributed by atoms with Gasteiger partial charge in [0.15, 0.2) is 0 Å². The lowest BCUT2D eigenvalue weighted by Gasteiger charge is -2.07. The third-order valence-electron chi connectivity index (χ3n) is 2.33. The van der Waals surface area contributed by atoms with Gasteiger partial charge in [-0.25, -0.2) is 0 Å². The molecule has 0 fully saturated rings. The van der Waals surface area contributed by atoms with Crippen LogP contribution in [-0.4, -0.2) is 0 Å². The van der Waals surface area contributed by atoms with Crippen molar-refractivity contribution in [2.75, 3.05) is 5.32 Å². The van der Waals surface area contributed by atoms with Gasteiger partial charge in [0.25, 0.3) is 0 Å². The molecule has 1 aromatic heterocycles. The van der Waals surface area contributed by atoms with E-state index in [1.54, 1.807) is 23.5 Å². The average Bonchev–Trinajstić information content (AvgIpc) is 2.85. The van der Waals surface area contributed by atoms with Crippen molar-refractivity contribution in [1.82, 2.24) is 0 Å². The van der Waals surface area contributed by atoms with Crippen molar-refractivity contribution in [1.29, 1.82) is 10.5 Å². The minimum atomic E-state index is 0.621. The van der Waals surface area contributed by atoms with Gasteiger partial charge < -0.3 is 5.32 Å². The lowest BCUT2D eigenvalue weighted by atomic mass is 10.2. The second-order valence-corrected chi connectivity index (χ2v) is 5.42. The summed E-state index contributed by atoms with van der Waals surface area (Å²) >= 11 is 4.97. The molecule has 0 aliphatic rings. The fourth-order valence-corrected chi connectivity index (χ4v) is 2.71. The fraction of sp³-hybridized carbons (Fsp3) is 0.0769. The minimum Gasteiger partial charge on any atom is -0.379 e. The van der Waals surface area contributed by atoms with E-state index in [0.29, 0.717) is 17.7 Å². The standard InChI is InChI=1S/C13H8BrN3S/c14-12-4-9(5-15)1-2-13(12)17-7-11-3-10(6-16)8-18-11/h1-4,8,17H,7H2. The number of rotatable bonds is 3. The van der Waals surface area contributed by atoms with E-state index in [1.807, 2.05) is 17.5 Å². The van der Waals surface area contributed by atoms with Crippen LogP contribution in [0.3, 0.4) is 0 Å². The molecule has 0 atom stereocenters. The summed E-state index contributed by atoms with van der Waals surface area (Å²) in [5.74, 6) is 0. The Hall–Kier alpha value is -1.82. The first-order valence-corrected chi connectivity index (χ1v) is 6.81. The number of anilines is 1. The smallest absolute Gasteiger partial charge is 0.100 e. The number of nitrogens with one attached hydrogen (secondary N) is 1. The Bertz CT molecular complexity index is 649. The van der Waals surface area contributed by atoms with Crippen LogP contribution in [0.25, 0.3) is 0 Å². The quantitative estimate of drug-likeness (QED) is 0.934. The number of nitrogens with zero attached hydrogens (tertiary/aromatic N) is 2. The maximum absolute atomic E-state index is 8.77. The van der Waals surface area contributed by atoms with Crippen LogP contribution in [0.5, 0.6) is 0 Å². The maximum Gasteiger partial charge on any atom is 0.100 e.